The third-order valence-corrected chi connectivity index (χ3v) is 0. The van der Waals surface area contributed by atoms with Crippen LogP contribution < -0.4 is 0 Å². The summed E-state index contributed by atoms with van der Waals surface area (Å²) in [5.41, 5.74) is 0. The van der Waals surface area contributed by atoms with Gasteiger partial charge in [0, 0.05) is 0 Å². The Morgan fingerprint density at radius 1 is 0.600 bits per heavy atom. The van der Waals surface area contributed by atoms with Gasteiger partial charge in [0.15, 0.2) is 0 Å². The van der Waals surface area contributed by atoms with E-state index in [0.29, 0.717) is 0 Å². The Hall–Kier alpha value is -0.192. The molecule has 1 heteroatoms. The van der Waals surface area contributed by atoms with Crippen LogP contribution in [0, 0.1) is 25.7 Å². The minimum Gasteiger partial charge on any atom is -1.00 e. The molecular formula is C4Mo. The van der Waals surface area contributed by atoms with Gasteiger partial charge >= 0.3 is 21.1 Å². The Kier molecular flexibility index (Phi) is 3490. The Bertz CT molecular complexity index is 19.1. The summed E-state index contributed by atoms with van der Waals surface area (Å²) in [6, 6.07) is 0. The standard InChI is InChI=1S/2C2.Mo/c2*1-2;/q2*-2;+4. The number of hydrogen-bond acceptors (Lipinski definition) is 0. The van der Waals surface area contributed by atoms with Crippen LogP contribution in [0.2, 0.25) is 0 Å². The molecule has 0 amide bonds. The van der Waals surface area contributed by atoms with E-state index in [1.165, 1.54) is 0 Å². The van der Waals surface area contributed by atoms with Crippen molar-refractivity contribution in [1.29, 1.82) is 0 Å². The molecule has 0 aromatic rings. The van der Waals surface area contributed by atoms with Crippen LogP contribution in [-0.4, -0.2) is 0 Å². The van der Waals surface area contributed by atoms with E-state index in [2.05, 4.69) is 0 Å². The zero-order valence-corrected chi connectivity index (χ0v) is 4.42. The van der Waals surface area contributed by atoms with Crippen molar-refractivity contribution in [3.63, 3.8) is 0 Å². The van der Waals surface area contributed by atoms with Gasteiger partial charge in [-0.3, -0.25) is 0 Å². The van der Waals surface area contributed by atoms with Crippen LogP contribution in [0.15, 0.2) is 0 Å². The first-order valence-electron chi connectivity index (χ1n) is 0.500. The summed E-state index contributed by atoms with van der Waals surface area (Å²) in [6.07, 6.45) is 20.0. The minimum atomic E-state index is 0. The molecule has 0 unspecified atom stereocenters. The van der Waals surface area contributed by atoms with E-state index in [-0.39, 0.29) is 21.1 Å². The van der Waals surface area contributed by atoms with Crippen molar-refractivity contribution in [3.05, 3.63) is 25.7 Å². The van der Waals surface area contributed by atoms with Crippen molar-refractivity contribution in [1.82, 2.24) is 0 Å². The van der Waals surface area contributed by atoms with Crippen LogP contribution in [-0.2, 0) is 21.1 Å². The molecule has 0 heterocycles. The molecule has 0 saturated carbocycles. The molecular weight excluding hydrogens is 144 g/mol. The van der Waals surface area contributed by atoms with E-state index in [9.17, 15) is 0 Å². The molecule has 0 bridgehead atoms. The van der Waals surface area contributed by atoms with Crippen LogP contribution in [0.25, 0.3) is 0 Å². The van der Waals surface area contributed by atoms with Gasteiger partial charge in [0.1, 0.15) is 0 Å². The number of rotatable bonds is 0. The smallest absolute Gasteiger partial charge is 1.00 e. The van der Waals surface area contributed by atoms with Gasteiger partial charge in [0.2, 0.25) is 0 Å². The fourth-order valence-corrected chi connectivity index (χ4v) is 0. The molecule has 0 saturated heterocycles. The van der Waals surface area contributed by atoms with E-state index in [1.54, 1.807) is 0 Å². The summed E-state index contributed by atoms with van der Waals surface area (Å²) in [5, 5.41) is 0. The second kappa shape index (κ2) is 817. The normalized spacial score (nSPS) is 0.800. The maximum atomic E-state index is 5.00. The second-order valence-electron chi connectivity index (χ2n) is 0. The van der Waals surface area contributed by atoms with E-state index >= 15 is 0 Å². The van der Waals surface area contributed by atoms with E-state index < -0.39 is 0 Å². The van der Waals surface area contributed by atoms with Gasteiger partial charge in [0.25, 0.3) is 0 Å². The molecule has 22 valence electrons. The van der Waals surface area contributed by atoms with Crippen molar-refractivity contribution >= 4 is 0 Å². The minimum absolute atomic E-state index is 0. The van der Waals surface area contributed by atoms with Gasteiger partial charge in [-0.2, -0.15) is 0 Å². The molecule has 0 fully saturated rings. The predicted molar refractivity (Wildman–Crippen MR) is 13.0 cm³/mol. The summed E-state index contributed by atoms with van der Waals surface area (Å²) >= 11 is 0. The van der Waals surface area contributed by atoms with Gasteiger partial charge in [0.05, 0.1) is 0 Å². The third-order valence-electron chi connectivity index (χ3n) is 0. The van der Waals surface area contributed by atoms with Gasteiger partial charge in [-0.1, -0.05) is 0 Å². The summed E-state index contributed by atoms with van der Waals surface area (Å²) < 4.78 is 0. The zero-order valence-electron chi connectivity index (χ0n) is 2.41. The second-order valence-corrected chi connectivity index (χ2v) is 0. The molecule has 0 nitrogen and oxygen atoms in total. The average Bonchev–Trinajstić information content (AvgIpc) is 1.50. The van der Waals surface area contributed by atoms with E-state index in [4.69, 9.17) is 25.7 Å². The molecule has 0 aliphatic rings. The summed E-state index contributed by atoms with van der Waals surface area (Å²) in [7, 11) is 0. The maximum Gasteiger partial charge on any atom is 4.00 e. The van der Waals surface area contributed by atoms with Gasteiger partial charge in [-0.15, -0.1) is 0 Å². The third kappa shape index (κ3) is 339. The van der Waals surface area contributed by atoms with E-state index in [0.717, 1.165) is 0 Å². The first-order valence-corrected chi connectivity index (χ1v) is 0.500. The van der Waals surface area contributed by atoms with Crippen LogP contribution >= 0.6 is 0 Å². The first-order chi connectivity index (χ1) is 2.00. The van der Waals surface area contributed by atoms with Crippen molar-refractivity contribution < 1.29 is 21.1 Å². The molecule has 0 aromatic heterocycles. The van der Waals surface area contributed by atoms with Crippen LogP contribution in [0.4, 0.5) is 0 Å². The molecule has 0 aliphatic carbocycles. The summed E-state index contributed by atoms with van der Waals surface area (Å²) in [5.74, 6) is 0. The summed E-state index contributed by atoms with van der Waals surface area (Å²) in [6.45, 7) is 0. The summed E-state index contributed by atoms with van der Waals surface area (Å²) in [4.78, 5) is 0. The molecule has 0 spiro atoms. The maximum absolute atomic E-state index is 5.00. The molecule has 0 radical (unpaired) electrons. The molecule has 0 aliphatic heterocycles. The Morgan fingerprint density at radius 3 is 0.600 bits per heavy atom. The largest absolute Gasteiger partial charge is 4.00 e. The molecule has 5 heavy (non-hydrogen) atoms. The van der Waals surface area contributed by atoms with Crippen molar-refractivity contribution in [2.45, 2.75) is 0 Å². The SMILES string of the molecule is [C-]#[C-].[C-]#[C-].[Mo+4]. The zero-order chi connectivity index (χ0) is 4.00. The monoisotopic (exact) mass is 146 g/mol. The fourth-order valence-electron chi connectivity index (χ4n) is 0. The Labute approximate surface area is 47.2 Å². The van der Waals surface area contributed by atoms with Crippen LogP contribution in [0.1, 0.15) is 0 Å². The molecule has 0 rings (SSSR count). The predicted octanol–water partition coefficient (Wildman–Crippen LogP) is 0.323. The van der Waals surface area contributed by atoms with Gasteiger partial charge in [-0.25, -0.2) is 0 Å². The van der Waals surface area contributed by atoms with Gasteiger partial charge < -0.3 is 25.7 Å². The van der Waals surface area contributed by atoms with Crippen LogP contribution in [0.5, 0.6) is 0 Å². The molecule has 0 aromatic carbocycles. The fraction of sp³-hybridized carbons (Fsp3) is 0. The topological polar surface area (TPSA) is 0 Å². The quantitative estimate of drug-likeness (QED) is 0.261. The first kappa shape index (κ1) is 21.3. The van der Waals surface area contributed by atoms with E-state index in [1.807, 2.05) is 0 Å². The molecule has 0 atom stereocenters. The molecule has 0 N–H and O–H groups in total. The van der Waals surface area contributed by atoms with Crippen molar-refractivity contribution in [3.8, 4) is 0 Å². The average molecular weight is 144 g/mol. The Morgan fingerprint density at radius 2 is 0.600 bits per heavy atom. The van der Waals surface area contributed by atoms with Crippen molar-refractivity contribution in [2.75, 3.05) is 0 Å². The van der Waals surface area contributed by atoms with Crippen molar-refractivity contribution in [2.24, 2.45) is 0 Å². The van der Waals surface area contributed by atoms with Crippen LogP contribution in [0.3, 0.4) is 0 Å². The van der Waals surface area contributed by atoms with Gasteiger partial charge in [-0.05, 0) is 0 Å². The Balaban J connectivity index is -0.0000000133. The number of hydrogen-bond donors (Lipinski definition) is 0.